The average molecular weight is 368 g/mol. The van der Waals surface area contributed by atoms with Crippen LogP contribution in [0, 0.1) is 0 Å². The molecule has 0 aliphatic carbocycles. The lowest BCUT2D eigenvalue weighted by atomic mass is 10.1. The van der Waals surface area contributed by atoms with Gasteiger partial charge in [0, 0.05) is 26.2 Å². The normalized spacial score (nSPS) is 14.1. The van der Waals surface area contributed by atoms with Crippen LogP contribution in [0.15, 0.2) is 48.5 Å². The lowest BCUT2D eigenvalue weighted by molar-refractivity contribution is -0.131. The lowest BCUT2D eigenvalue weighted by Crippen LogP contribution is -2.51. The molecule has 0 saturated carbocycles. The Morgan fingerprint density at radius 2 is 1.59 bits per heavy atom. The number of nitrogens with zero attached hydrogens (tertiary/aromatic N) is 2. The number of aromatic hydroxyl groups is 1. The van der Waals surface area contributed by atoms with Crippen LogP contribution in [0.5, 0.6) is 11.5 Å². The van der Waals surface area contributed by atoms with Gasteiger partial charge in [0.05, 0.1) is 18.6 Å². The Labute approximate surface area is 159 Å². The largest absolute Gasteiger partial charge is 0.507 e. The highest BCUT2D eigenvalue weighted by Gasteiger charge is 2.26. The molecule has 142 valence electrons. The first-order chi connectivity index (χ1) is 13.1. The Bertz CT molecular complexity index is 796. The molecule has 1 aliphatic heterocycles. The molecule has 2 aromatic carbocycles. The van der Waals surface area contributed by atoms with Crippen molar-refractivity contribution in [2.24, 2.45) is 0 Å². The van der Waals surface area contributed by atoms with E-state index in [4.69, 9.17) is 4.74 Å². The summed E-state index contributed by atoms with van der Waals surface area (Å²) in [5.74, 6) is 0.627. The van der Waals surface area contributed by atoms with E-state index in [1.807, 2.05) is 31.2 Å². The van der Waals surface area contributed by atoms with Gasteiger partial charge < -0.3 is 19.6 Å². The number of phenolic OH excluding ortho intramolecular Hbond substituents is 1. The van der Waals surface area contributed by atoms with Crippen LogP contribution in [0.4, 0.5) is 0 Å². The van der Waals surface area contributed by atoms with Gasteiger partial charge in [-0.05, 0) is 36.8 Å². The predicted octanol–water partition coefficient (Wildman–Crippen LogP) is 2.32. The van der Waals surface area contributed by atoms with Crippen molar-refractivity contribution < 1.29 is 19.4 Å². The Morgan fingerprint density at radius 1 is 0.963 bits per heavy atom. The van der Waals surface area contributed by atoms with Gasteiger partial charge >= 0.3 is 0 Å². The molecule has 2 aromatic rings. The van der Waals surface area contributed by atoms with Crippen molar-refractivity contribution in [3.63, 3.8) is 0 Å². The van der Waals surface area contributed by atoms with Gasteiger partial charge in [0.25, 0.3) is 5.91 Å². The summed E-state index contributed by atoms with van der Waals surface area (Å²) >= 11 is 0. The van der Waals surface area contributed by atoms with E-state index in [1.165, 1.54) is 6.07 Å². The molecule has 0 bridgehead atoms. The van der Waals surface area contributed by atoms with Crippen LogP contribution >= 0.6 is 0 Å². The first kappa shape index (κ1) is 18.8. The highest BCUT2D eigenvalue weighted by Crippen LogP contribution is 2.19. The number of para-hydroxylation sites is 1. The van der Waals surface area contributed by atoms with Crippen molar-refractivity contribution in [3.05, 3.63) is 59.7 Å². The topological polar surface area (TPSA) is 70.1 Å². The van der Waals surface area contributed by atoms with Gasteiger partial charge in [-0.1, -0.05) is 24.3 Å². The third-order valence-electron chi connectivity index (χ3n) is 4.64. The van der Waals surface area contributed by atoms with Gasteiger partial charge in [-0.25, -0.2) is 0 Å². The lowest BCUT2D eigenvalue weighted by Gasteiger charge is -2.35. The van der Waals surface area contributed by atoms with E-state index in [-0.39, 0.29) is 17.6 Å². The van der Waals surface area contributed by atoms with Gasteiger partial charge in [0.1, 0.15) is 11.5 Å². The van der Waals surface area contributed by atoms with Gasteiger partial charge in [-0.15, -0.1) is 0 Å². The monoisotopic (exact) mass is 368 g/mol. The zero-order valence-electron chi connectivity index (χ0n) is 15.4. The maximum Gasteiger partial charge on any atom is 0.257 e. The van der Waals surface area contributed by atoms with Crippen LogP contribution in [-0.4, -0.2) is 59.5 Å². The number of benzene rings is 2. The Kier molecular flexibility index (Phi) is 5.96. The van der Waals surface area contributed by atoms with Crippen molar-refractivity contribution >= 4 is 11.8 Å². The Hall–Kier alpha value is -3.02. The van der Waals surface area contributed by atoms with E-state index in [2.05, 4.69) is 0 Å². The number of rotatable bonds is 5. The van der Waals surface area contributed by atoms with E-state index in [9.17, 15) is 14.7 Å². The number of phenols is 1. The molecule has 1 saturated heterocycles. The standard InChI is InChI=1S/C21H24N2O4/c1-2-27-17-9-7-16(8-10-17)15-20(25)22-11-13-23(14-12-22)21(26)18-5-3-4-6-19(18)24/h3-10,24H,2,11-15H2,1H3. The molecular weight excluding hydrogens is 344 g/mol. The Balaban J connectivity index is 1.53. The quantitative estimate of drug-likeness (QED) is 0.879. The van der Waals surface area contributed by atoms with Crippen LogP contribution < -0.4 is 4.74 Å². The summed E-state index contributed by atoms with van der Waals surface area (Å²) in [5.41, 5.74) is 1.24. The summed E-state index contributed by atoms with van der Waals surface area (Å²) < 4.78 is 5.41. The summed E-state index contributed by atoms with van der Waals surface area (Å²) in [6, 6.07) is 14.1. The summed E-state index contributed by atoms with van der Waals surface area (Å²) in [6.45, 7) is 4.46. The maximum atomic E-state index is 12.5. The number of carbonyl (C=O) groups excluding carboxylic acids is 2. The minimum Gasteiger partial charge on any atom is -0.507 e. The molecule has 27 heavy (non-hydrogen) atoms. The van der Waals surface area contributed by atoms with Crippen molar-refractivity contribution in [2.75, 3.05) is 32.8 Å². The molecule has 0 aromatic heterocycles. The fraction of sp³-hybridized carbons (Fsp3) is 0.333. The van der Waals surface area contributed by atoms with Crippen LogP contribution in [-0.2, 0) is 11.2 Å². The molecule has 2 amide bonds. The summed E-state index contributed by atoms with van der Waals surface area (Å²) in [4.78, 5) is 28.5. The second-order valence-corrected chi connectivity index (χ2v) is 6.44. The van der Waals surface area contributed by atoms with Crippen molar-refractivity contribution in [2.45, 2.75) is 13.3 Å². The maximum absolute atomic E-state index is 12.5. The third kappa shape index (κ3) is 4.58. The first-order valence-corrected chi connectivity index (χ1v) is 9.15. The molecule has 1 heterocycles. The fourth-order valence-corrected chi connectivity index (χ4v) is 3.14. The first-order valence-electron chi connectivity index (χ1n) is 9.15. The number of ether oxygens (including phenoxy) is 1. The van der Waals surface area contributed by atoms with Gasteiger partial charge in [-0.3, -0.25) is 9.59 Å². The average Bonchev–Trinajstić information content (AvgIpc) is 2.70. The SMILES string of the molecule is CCOc1ccc(CC(=O)N2CCN(C(=O)c3ccccc3O)CC2)cc1. The fourth-order valence-electron chi connectivity index (χ4n) is 3.14. The molecule has 6 heteroatoms. The van der Waals surface area contributed by atoms with Gasteiger partial charge in [0.15, 0.2) is 0 Å². The summed E-state index contributed by atoms with van der Waals surface area (Å²) in [5, 5.41) is 9.85. The minimum absolute atomic E-state index is 0.0171. The van der Waals surface area contributed by atoms with E-state index in [0.29, 0.717) is 44.8 Å². The van der Waals surface area contributed by atoms with Gasteiger partial charge in [0.2, 0.25) is 5.91 Å². The zero-order valence-corrected chi connectivity index (χ0v) is 15.4. The summed E-state index contributed by atoms with van der Waals surface area (Å²) in [7, 11) is 0. The summed E-state index contributed by atoms with van der Waals surface area (Å²) in [6.07, 6.45) is 0.333. The minimum atomic E-state index is -0.202. The third-order valence-corrected chi connectivity index (χ3v) is 4.64. The molecule has 0 atom stereocenters. The molecule has 1 N–H and O–H groups in total. The van der Waals surface area contributed by atoms with E-state index >= 15 is 0 Å². The smallest absolute Gasteiger partial charge is 0.257 e. The van der Waals surface area contributed by atoms with Crippen LogP contribution in [0.25, 0.3) is 0 Å². The molecule has 0 unspecified atom stereocenters. The molecule has 0 spiro atoms. The number of hydrogen-bond acceptors (Lipinski definition) is 4. The van der Waals surface area contributed by atoms with Crippen molar-refractivity contribution in [1.82, 2.24) is 9.80 Å². The number of hydrogen-bond donors (Lipinski definition) is 1. The van der Waals surface area contributed by atoms with Crippen molar-refractivity contribution in [3.8, 4) is 11.5 Å². The van der Waals surface area contributed by atoms with Crippen LogP contribution in [0.2, 0.25) is 0 Å². The highest BCUT2D eigenvalue weighted by atomic mass is 16.5. The molecular formula is C21H24N2O4. The van der Waals surface area contributed by atoms with E-state index in [1.54, 1.807) is 28.0 Å². The molecule has 6 nitrogen and oxygen atoms in total. The zero-order chi connectivity index (χ0) is 19.2. The van der Waals surface area contributed by atoms with Crippen molar-refractivity contribution in [1.29, 1.82) is 0 Å². The number of carbonyl (C=O) groups is 2. The molecule has 1 fully saturated rings. The van der Waals surface area contributed by atoms with Crippen LogP contribution in [0.3, 0.4) is 0 Å². The van der Waals surface area contributed by atoms with Crippen LogP contribution in [0.1, 0.15) is 22.8 Å². The number of amides is 2. The second-order valence-electron chi connectivity index (χ2n) is 6.44. The van der Waals surface area contributed by atoms with E-state index in [0.717, 1.165) is 11.3 Å². The van der Waals surface area contributed by atoms with Gasteiger partial charge in [-0.2, -0.15) is 0 Å². The molecule has 1 aliphatic rings. The predicted molar refractivity (Wildman–Crippen MR) is 102 cm³/mol. The van der Waals surface area contributed by atoms with E-state index < -0.39 is 0 Å². The highest BCUT2D eigenvalue weighted by molar-refractivity contribution is 5.97. The second kappa shape index (κ2) is 8.58. The molecule has 0 radical (unpaired) electrons. The molecule has 3 rings (SSSR count). The Morgan fingerprint density at radius 3 is 2.22 bits per heavy atom. The number of piperazine rings is 1.